The first-order valence-corrected chi connectivity index (χ1v) is 4.41. The fourth-order valence-electron chi connectivity index (χ4n) is 1.51. The molecule has 0 atom stereocenters. The van der Waals surface area contributed by atoms with Gasteiger partial charge in [0.05, 0.1) is 6.33 Å². The third-order valence-electron chi connectivity index (χ3n) is 2.38. The second kappa shape index (κ2) is 3.30. The van der Waals surface area contributed by atoms with Gasteiger partial charge in [0.15, 0.2) is 5.82 Å². The molecule has 0 amide bonds. The van der Waals surface area contributed by atoms with E-state index < -0.39 is 0 Å². The third-order valence-corrected chi connectivity index (χ3v) is 2.38. The van der Waals surface area contributed by atoms with E-state index in [2.05, 4.69) is 9.97 Å². The Bertz CT molecular complexity index is 383. The molecule has 0 saturated carbocycles. The molecule has 14 heavy (non-hydrogen) atoms. The van der Waals surface area contributed by atoms with E-state index in [9.17, 15) is 4.79 Å². The van der Waals surface area contributed by atoms with E-state index in [4.69, 9.17) is 10.8 Å². The minimum Gasteiger partial charge on any atom is -0.396 e. The van der Waals surface area contributed by atoms with Crippen LogP contribution in [0.2, 0.25) is 0 Å². The van der Waals surface area contributed by atoms with Crippen LogP contribution in [0, 0.1) is 5.92 Å². The molecule has 4 N–H and O–H groups in total. The Morgan fingerprint density at radius 1 is 1.71 bits per heavy atom. The van der Waals surface area contributed by atoms with Crippen molar-refractivity contribution in [3.8, 4) is 0 Å². The molecule has 0 aliphatic carbocycles. The van der Waals surface area contributed by atoms with E-state index >= 15 is 0 Å². The third kappa shape index (κ3) is 1.33. The van der Waals surface area contributed by atoms with Gasteiger partial charge in [-0.05, 0) is 0 Å². The summed E-state index contributed by atoms with van der Waals surface area (Å²) >= 11 is 0. The van der Waals surface area contributed by atoms with Crippen LogP contribution >= 0.6 is 0 Å². The van der Waals surface area contributed by atoms with Crippen LogP contribution in [0.3, 0.4) is 0 Å². The van der Waals surface area contributed by atoms with Gasteiger partial charge in [-0.25, -0.2) is 4.98 Å². The molecular formula is C8H12N4O2. The number of aromatic amines is 1. The van der Waals surface area contributed by atoms with E-state index in [0.717, 1.165) is 0 Å². The van der Waals surface area contributed by atoms with E-state index in [1.807, 2.05) is 4.90 Å². The Labute approximate surface area is 80.4 Å². The number of aliphatic hydroxyl groups is 1. The standard InChI is InChI=1S/C8H12N4O2/c9-6-7(10-4-11-8(6)14)12-1-5(2-12)3-13/h4-5,13H,1-3,9H2,(H,10,11,14). The summed E-state index contributed by atoms with van der Waals surface area (Å²) in [6.07, 6.45) is 1.33. The number of nitrogens with two attached hydrogens (primary N) is 1. The smallest absolute Gasteiger partial charge is 0.276 e. The lowest BCUT2D eigenvalue weighted by Crippen LogP contribution is -2.49. The molecule has 0 spiro atoms. The minimum atomic E-state index is -0.317. The van der Waals surface area contributed by atoms with E-state index in [1.165, 1.54) is 6.33 Å². The largest absolute Gasteiger partial charge is 0.396 e. The SMILES string of the molecule is Nc1c(N2CC(CO)C2)nc[nH]c1=O. The lowest BCUT2D eigenvalue weighted by atomic mass is 10.0. The van der Waals surface area contributed by atoms with Gasteiger partial charge in [0.25, 0.3) is 5.56 Å². The molecule has 0 bridgehead atoms. The van der Waals surface area contributed by atoms with Crippen molar-refractivity contribution in [1.82, 2.24) is 9.97 Å². The van der Waals surface area contributed by atoms with Gasteiger partial charge < -0.3 is 20.7 Å². The number of nitrogen functional groups attached to an aromatic ring is 1. The summed E-state index contributed by atoms with van der Waals surface area (Å²) in [6, 6.07) is 0. The summed E-state index contributed by atoms with van der Waals surface area (Å²) in [7, 11) is 0. The second-order valence-corrected chi connectivity index (χ2v) is 3.42. The van der Waals surface area contributed by atoms with Crippen LogP contribution in [0.4, 0.5) is 11.5 Å². The highest BCUT2D eigenvalue weighted by molar-refractivity contribution is 5.62. The van der Waals surface area contributed by atoms with Crippen molar-refractivity contribution in [2.24, 2.45) is 5.92 Å². The van der Waals surface area contributed by atoms with E-state index in [0.29, 0.717) is 18.9 Å². The van der Waals surface area contributed by atoms with Crippen molar-refractivity contribution < 1.29 is 5.11 Å². The number of H-pyrrole nitrogens is 1. The highest BCUT2D eigenvalue weighted by Gasteiger charge is 2.28. The Morgan fingerprint density at radius 2 is 2.43 bits per heavy atom. The van der Waals surface area contributed by atoms with E-state index in [-0.39, 0.29) is 23.8 Å². The maximum absolute atomic E-state index is 11.1. The van der Waals surface area contributed by atoms with Crippen LogP contribution < -0.4 is 16.2 Å². The first kappa shape index (κ1) is 9.01. The molecule has 2 rings (SSSR count). The fraction of sp³-hybridized carbons (Fsp3) is 0.500. The molecule has 0 radical (unpaired) electrons. The summed E-state index contributed by atoms with van der Waals surface area (Å²) in [6.45, 7) is 1.58. The zero-order valence-corrected chi connectivity index (χ0v) is 7.60. The molecule has 1 saturated heterocycles. The zero-order valence-electron chi connectivity index (χ0n) is 7.60. The second-order valence-electron chi connectivity index (χ2n) is 3.42. The number of anilines is 2. The summed E-state index contributed by atoms with van der Waals surface area (Å²) < 4.78 is 0. The Balaban J connectivity index is 2.19. The van der Waals surface area contributed by atoms with Crippen LogP contribution in [0.25, 0.3) is 0 Å². The number of nitrogens with one attached hydrogen (secondary N) is 1. The molecule has 6 heteroatoms. The average Bonchev–Trinajstić information content (AvgIpc) is 2.10. The van der Waals surface area contributed by atoms with E-state index in [1.54, 1.807) is 0 Å². The first-order valence-electron chi connectivity index (χ1n) is 4.41. The quantitative estimate of drug-likeness (QED) is 0.551. The molecule has 2 heterocycles. The van der Waals surface area contributed by atoms with Crippen molar-refractivity contribution in [2.45, 2.75) is 0 Å². The number of aliphatic hydroxyl groups excluding tert-OH is 1. The van der Waals surface area contributed by atoms with Crippen molar-refractivity contribution in [3.05, 3.63) is 16.7 Å². The Hall–Kier alpha value is -1.56. The van der Waals surface area contributed by atoms with Crippen LogP contribution in [0.1, 0.15) is 0 Å². The average molecular weight is 196 g/mol. The predicted molar refractivity (Wildman–Crippen MR) is 52.1 cm³/mol. The highest BCUT2D eigenvalue weighted by atomic mass is 16.3. The minimum absolute atomic E-state index is 0.142. The number of hydrogen-bond acceptors (Lipinski definition) is 5. The van der Waals surface area contributed by atoms with Gasteiger partial charge in [-0.15, -0.1) is 0 Å². The topological polar surface area (TPSA) is 95.2 Å². The number of rotatable bonds is 2. The molecule has 1 aliphatic rings. The molecule has 76 valence electrons. The molecule has 1 aliphatic heterocycles. The molecule has 0 unspecified atom stereocenters. The summed E-state index contributed by atoms with van der Waals surface area (Å²) in [5.74, 6) is 0.786. The van der Waals surface area contributed by atoms with Gasteiger partial charge in [0, 0.05) is 25.6 Å². The van der Waals surface area contributed by atoms with Crippen LogP contribution in [-0.2, 0) is 0 Å². The van der Waals surface area contributed by atoms with Crippen LogP contribution in [0.15, 0.2) is 11.1 Å². The van der Waals surface area contributed by atoms with Crippen LogP contribution in [-0.4, -0.2) is 34.8 Å². The van der Waals surface area contributed by atoms with Crippen molar-refractivity contribution in [1.29, 1.82) is 0 Å². The van der Waals surface area contributed by atoms with Crippen molar-refractivity contribution >= 4 is 11.5 Å². The fourth-order valence-corrected chi connectivity index (χ4v) is 1.51. The number of nitrogens with zero attached hydrogens (tertiary/aromatic N) is 2. The predicted octanol–water partition coefficient (Wildman–Crippen LogP) is -1.22. The molecule has 1 aromatic rings. The Morgan fingerprint density at radius 3 is 3.07 bits per heavy atom. The summed E-state index contributed by atoms with van der Waals surface area (Å²) in [4.78, 5) is 19.4. The summed E-state index contributed by atoms with van der Waals surface area (Å²) in [5.41, 5.74) is 5.39. The van der Waals surface area contributed by atoms with Gasteiger partial charge >= 0.3 is 0 Å². The maximum atomic E-state index is 11.1. The summed E-state index contributed by atoms with van der Waals surface area (Å²) in [5, 5.41) is 8.83. The van der Waals surface area contributed by atoms with Crippen molar-refractivity contribution in [3.63, 3.8) is 0 Å². The van der Waals surface area contributed by atoms with Crippen molar-refractivity contribution in [2.75, 3.05) is 30.3 Å². The molecule has 0 aromatic carbocycles. The van der Waals surface area contributed by atoms with Gasteiger partial charge in [-0.1, -0.05) is 0 Å². The lowest BCUT2D eigenvalue weighted by Gasteiger charge is -2.39. The highest BCUT2D eigenvalue weighted by Crippen LogP contribution is 2.24. The lowest BCUT2D eigenvalue weighted by molar-refractivity contribution is 0.200. The normalized spacial score (nSPS) is 16.8. The molecular weight excluding hydrogens is 184 g/mol. The van der Waals surface area contributed by atoms with Gasteiger partial charge in [0.1, 0.15) is 5.69 Å². The van der Waals surface area contributed by atoms with Gasteiger partial charge in [0.2, 0.25) is 0 Å². The number of aromatic nitrogens is 2. The first-order chi connectivity index (χ1) is 6.72. The molecule has 6 nitrogen and oxygen atoms in total. The molecule has 1 aromatic heterocycles. The maximum Gasteiger partial charge on any atom is 0.276 e. The monoisotopic (exact) mass is 196 g/mol. The van der Waals surface area contributed by atoms with Gasteiger partial charge in [-0.3, -0.25) is 4.79 Å². The van der Waals surface area contributed by atoms with Gasteiger partial charge in [-0.2, -0.15) is 0 Å². The Kier molecular flexibility index (Phi) is 2.12. The zero-order chi connectivity index (χ0) is 10.1. The molecule has 1 fully saturated rings. The van der Waals surface area contributed by atoms with Crippen LogP contribution in [0.5, 0.6) is 0 Å². The number of hydrogen-bond donors (Lipinski definition) is 3.